The molecule has 0 rings (SSSR count). The van der Waals surface area contributed by atoms with Crippen LogP contribution in [0, 0.1) is 0 Å². The molecule has 2 unspecified atom stereocenters. The summed E-state index contributed by atoms with van der Waals surface area (Å²) in [5.74, 6) is -0.888. The van der Waals surface area contributed by atoms with Gasteiger partial charge in [0, 0.05) is 12.8 Å². The molecular weight excluding hydrogens is 687 g/mol. The van der Waals surface area contributed by atoms with Crippen LogP contribution in [0.25, 0.3) is 0 Å². The van der Waals surface area contributed by atoms with E-state index in [2.05, 4.69) is 50.3 Å². The quantitative estimate of drug-likeness (QED) is 0.0285. The van der Waals surface area contributed by atoms with Gasteiger partial charge in [0.15, 0.2) is 6.10 Å². The number of carbonyl (C=O) groups is 2. The average Bonchev–Trinajstić information content (AvgIpc) is 3.13. The van der Waals surface area contributed by atoms with Crippen molar-refractivity contribution in [3.63, 3.8) is 0 Å². The predicted molar refractivity (Wildman–Crippen MR) is 221 cm³/mol. The summed E-state index contributed by atoms with van der Waals surface area (Å²) < 4.78 is 32.5. The van der Waals surface area contributed by atoms with Gasteiger partial charge in [-0.2, -0.15) is 0 Å². The van der Waals surface area contributed by atoms with E-state index in [4.69, 9.17) is 18.5 Å². The lowest BCUT2D eigenvalue weighted by Gasteiger charge is -2.19. The van der Waals surface area contributed by atoms with Crippen LogP contribution >= 0.6 is 7.82 Å². The van der Waals surface area contributed by atoms with Crippen LogP contribution in [-0.2, 0) is 32.7 Å². The van der Waals surface area contributed by atoms with Crippen molar-refractivity contribution >= 4 is 19.8 Å². The van der Waals surface area contributed by atoms with Crippen LogP contribution in [0.1, 0.15) is 194 Å². The summed E-state index contributed by atoms with van der Waals surface area (Å²) in [7, 11) is -4.30. The zero-order valence-corrected chi connectivity index (χ0v) is 35.1. The first-order chi connectivity index (χ1) is 25.8. The second-order valence-electron chi connectivity index (χ2n) is 14.0. The van der Waals surface area contributed by atoms with Gasteiger partial charge >= 0.3 is 19.8 Å². The Balaban J connectivity index is 4.08. The minimum absolute atomic E-state index is 0.0123. The molecule has 0 spiro atoms. The van der Waals surface area contributed by atoms with Gasteiger partial charge in [0.1, 0.15) is 6.61 Å². The summed E-state index contributed by atoms with van der Waals surface area (Å²) in [5, 5.41) is 0. The predicted octanol–water partition coefficient (Wildman–Crippen LogP) is 13.4. The van der Waals surface area contributed by atoms with Gasteiger partial charge in [-0.05, 0) is 45.4 Å². The number of esters is 2. The van der Waals surface area contributed by atoms with Gasteiger partial charge in [-0.1, -0.05) is 184 Å². The van der Waals surface area contributed by atoms with Crippen LogP contribution in [-0.4, -0.2) is 42.8 Å². The molecule has 0 aliphatic rings. The number of ether oxygens (including phenoxy) is 2. The minimum Gasteiger partial charge on any atom is -0.462 e. The number of rotatable bonds is 39. The van der Waals surface area contributed by atoms with E-state index in [1.54, 1.807) is 6.92 Å². The Morgan fingerprint density at radius 3 is 1.42 bits per heavy atom. The lowest BCUT2D eigenvalue weighted by Crippen LogP contribution is -2.29. The second-order valence-corrected chi connectivity index (χ2v) is 15.4. The Kier molecular flexibility index (Phi) is 38.2. The van der Waals surface area contributed by atoms with Crippen LogP contribution in [0.5, 0.6) is 0 Å². The molecular formula is C44H79O8P. The lowest BCUT2D eigenvalue weighted by molar-refractivity contribution is -0.161. The van der Waals surface area contributed by atoms with Crippen molar-refractivity contribution in [3.8, 4) is 0 Å². The molecule has 1 N–H and O–H groups in total. The third kappa shape index (κ3) is 39.5. The summed E-state index contributed by atoms with van der Waals surface area (Å²) >= 11 is 0. The molecule has 0 aromatic rings. The fourth-order valence-electron chi connectivity index (χ4n) is 5.82. The fourth-order valence-corrected chi connectivity index (χ4v) is 6.58. The Bertz CT molecular complexity index is 1010. The van der Waals surface area contributed by atoms with Crippen LogP contribution < -0.4 is 0 Å². The summed E-state index contributed by atoms with van der Waals surface area (Å²) in [6, 6.07) is 0. The maximum absolute atomic E-state index is 12.5. The molecule has 0 aliphatic carbocycles. The Morgan fingerprint density at radius 2 is 0.962 bits per heavy atom. The Labute approximate surface area is 325 Å². The molecule has 53 heavy (non-hydrogen) atoms. The smallest absolute Gasteiger partial charge is 0.462 e. The third-order valence-corrected chi connectivity index (χ3v) is 9.97. The SMILES string of the molecule is CC/C=C\C/C=C\C/C=C\C/C=C\CCC(=O)OC(COC(=O)CCCCCCCCCCCCCCCCCCCCCC)COP(=O)(O)OCC. The first-order valence-corrected chi connectivity index (χ1v) is 22.9. The molecule has 0 heterocycles. The number of unbranched alkanes of at least 4 members (excludes halogenated alkanes) is 19. The van der Waals surface area contributed by atoms with E-state index < -0.39 is 26.5 Å². The molecule has 2 atom stereocenters. The Morgan fingerprint density at radius 1 is 0.528 bits per heavy atom. The highest BCUT2D eigenvalue weighted by Gasteiger charge is 2.25. The van der Waals surface area contributed by atoms with E-state index in [-0.39, 0.29) is 32.0 Å². The van der Waals surface area contributed by atoms with E-state index >= 15 is 0 Å². The van der Waals surface area contributed by atoms with Crippen molar-refractivity contribution in [2.75, 3.05) is 19.8 Å². The van der Waals surface area contributed by atoms with E-state index in [9.17, 15) is 19.0 Å². The van der Waals surface area contributed by atoms with Gasteiger partial charge < -0.3 is 14.4 Å². The highest BCUT2D eigenvalue weighted by molar-refractivity contribution is 7.47. The molecule has 9 heteroatoms. The molecule has 0 aromatic carbocycles. The van der Waals surface area contributed by atoms with Crippen molar-refractivity contribution in [1.82, 2.24) is 0 Å². The molecule has 8 nitrogen and oxygen atoms in total. The van der Waals surface area contributed by atoms with Gasteiger partial charge in [-0.25, -0.2) is 4.57 Å². The monoisotopic (exact) mass is 767 g/mol. The summed E-state index contributed by atoms with van der Waals surface area (Å²) in [6.07, 6.45) is 46.2. The van der Waals surface area contributed by atoms with Crippen LogP contribution in [0.4, 0.5) is 0 Å². The maximum Gasteiger partial charge on any atom is 0.472 e. The standard InChI is InChI=1S/C44H79O8P/c1-4-7-9-11-13-15-17-19-20-21-22-23-24-25-27-28-30-32-34-36-38-43(45)49-40-42(41-51-53(47,48)50-6-3)52-44(46)39-37-35-33-31-29-26-18-16-14-12-10-8-5-2/h8,10,14,16,26,29,33,35,42H,4-7,9,11-13,15,17-25,27-28,30-32,34,36-41H2,1-3H3,(H,47,48)/b10-8-,16-14-,29-26-,35-33-. The Hall–Kier alpha value is -1.99. The van der Waals surface area contributed by atoms with Crippen molar-refractivity contribution < 1.29 is 37.6 Å². The van der Waals surface area contributed by atoms with E-state index in [1.807, 2.05) is 12.2 Å². The lowest BCUT2D eigenvalue weighted by atomic mass is 10.0. The van der Waals surface area contributed by atoms with Crippen molar-refractivity contribution in [2.24, 2.45) is 0 Å². The summed E-state index contributed by atoms with van der Waals surface area (Å²) in [4.78, 5) is 34.6. The van der Waals surface area contributed by atoms with Crippen molar-refractivity contribution in [3.05, 3.63) is 48.6 Å². The van der Waals surface area contributed by atoms with E-state index in [0.717, 1.165) is 44.9 Å². The third-order valence-electron chi connectivity index (χ3n) is 8.91. The van der Waals surface area contributed by atoms with Gasteiger partial charge in [0.05, 0.1) is 13.2 Å². The number of hydrogen-bond donors (Lipinski definition) is 1. The highest BCUT2D eigenvalue weighted by Crippen LogP contribution is 2.43. The number of phosphoric acid groups is 1. The van der Waals surface area contributed by atoms with E-state index in [1.165, 1.54) is 109 Å². The zero-order valence-electron chi connectivity index (χ0n) is 34.2. The molecule has 0 bridgehead atoms. The molecule has 0 fully saturated rings. The van der Waals surface area contributed by atoms with Crippen molar-refractivity contribution in [1.29, 1.82) is 0 Å². The molecule has 0 saturated heterocycles. The van der Waals surface area contributed by atoms with Gasteiger partial charge in [0.2, 0.25) is 0 Å². The number of allylic oxidation sites excluding steroid dienone is 8. The molecule has 0 saturated carbocycles. The molecule has 0 aliphatic heterocycles. The first kappa shape index (κ1) is 51.0. The first-order valence-electron chi connectivity index (χ1n) is 21.4. The van der Waals surface area contributed by atoms with Gasteiger partial charge in [-0.3, -0.25) is 18.6 Å². The normalized spacial score (nSPS) is 13.8. The summed E-state index contributed by atoms with van der Waals surface area (Å²) in [6.45, 7) is 5.28. The van der Waals surface area contributed by atoms with Gasteiger partial charge in [-0.15, -0.1) is 0 Å². The van der Waals surface area contributed by atoms with Gasteiger partial charge in [0.25, 0.3) is 0 Å². The zero-order chi connectivity index (χ0) is 38.9. The average molecular weight is 767 g/mol. The highest BCUT2D eigenvalue weighted by atomic mass is 31.2. The topological polar surface area (TPSA) is 108 Å². The number of carbonyl (C=O) groups excluding carboxylic acids is 2. The molecule has 0 amide bonds. The fraction of sp³-hybridized carbons (Fsp3) is 0.773. The van der Waals surface area contributed by atoms with Crippen LogP contribution in [0.2, 0.25) is 0 Å². The van der Waals surface area contributed by atoms with Crippen LogP contribution in [0.15, 0.2) is 48.6 Å². The maximum atomic E-state index is 12.5. The largest absolute Gasteiger partial charge is 0.472 e. The molecule has 0 radical (unpaired) electrons. The number of phosphoric ester groups is 1. The van der Waals surface area contributed by atoms with Crippen LogP contribution in [0.3, 0.4) is 0 Å². The molecule has 308 valence electrons. The number of hydrogen-bond acceptors (Lipinski definition) is 7. The van der Waals surface area contributed by atoms with Crippen molar-refractivity contribution in [2.45, 2.75) is 200 Å². The minimum atomic E-state index is -4.30. The summed E-state index contributed by atoms with van der Waals surface area (Å²) in [5.41, 5.74) is 0. The van der Waals surface area contributed by atoms with E-state index in [0.29, 0.717) is 6.42 Å². The second kappa shape index (κ2) is 39.7. The molecule has 0 aromatic heterocycles.